The van der Waals surface area contributed by atoms with Crippen LogP contribution in [0, 0.1) is 6.92 Å². The van der Waals surface area contributed by atoms with Gasteiger partial charge in [-0.3, -0.25) is 0 Å². The number of nitrogens with two attached hydrogens (primary N) is 1. The summed E-state index contributed by atoms with van der Waals surface area (Å²) in [5.74, 6) is 1.15. The summed E-state index contributed by atoms with van der Waals surface area (Å²) in [4.78, 5) is 7.82. The van der Waals surface area contributed by atoms with Crippen molar-refractivity contribution < 1.29 is 4.52 Å². The topological polar surface area (TPSA) is 68.2 Å². The SMILES string of the molecule is Cc1cc(-c2nc(C(N)CN3CCCCC3)no2)sc1Br. The fraction of sp³-hybridized carbons (Fsp3) is 0.571. The zero-order valence-corrected chi connectivity index (χ0v) is 14.4. The van der Waals surface area contributed by atoms with E-state index in [1.54, 1.807) is 11.3 Å². The number of piperidine rings is 1. The summed E-state index contributed by atoms with van der Waals surface area (Å²) in [5.41, 5.74) is 7.39. The Hall–Kier alpha value is -0.760. The minimum atomic E-state index is -0.190. The molecule has 0 bridgehead atoms. The summed E-state index contributed by atoms with van der Waals surface area (Å²) < 4.78 is 6.45. The van der Waals surface area contributed by atoms with Gasteiger partial charge in [-0.25, -0.2) is 0 Å². The predicted molar refractivity (Wildman–Crippen MR) is 87.3 cm³/mol. The first kappa shape index (κ1) is 15.1. The highest BCUT2D eigenvalue weighted by molar-refractivity contribution is 9.11. The van der Waals surface area contributed by atoms with Crippen LogP contribution < -0.4 is 5.73 Å². The molecule has 3 rings (SSSR count). The van der Waals surface area contributed by atoms with Gasteiger partial charge in [-0.05, 0) is 60.4 Å². The molecule has 1 fully saturated rings. The Kier molecular flexibility index (Phi) is 4.73. The van der Waals surface area contributed by atoms with Crippen molar-refractivity contribution in [3.63, 3.8) is 0 Å². The molecule has 5 nitrogen and oxygen atoms in total. The Morgan fingerprint density at radius 1 is 1.43 bits per heavy atom. The lowest BCUT2D eigenvalue weighted by Crippen LogP contribution is -2.36. The molecule has 0 amide bonds. The fourth-order valence-electron chi connectivity index (χ4n) is 2.55. The second-order valence-electron chi connectivity index (χ2n) is 5.49. The average molecular weight is 371 g/mol. The maximum absolute atomic E-state index is 6.22. The molecule has 3 heterocycles. The summed E-state index contributed by atoms with van der Waals surface area (Å²) in [6, 6.07) is 1.85. The van der Waals surface area contributed by atoms with Crippen molar-refractivity contribution in [2.24, 2.45) is 5.73 Å². The minimum absolute atomic E-state index is 0.190. The third kappa shape index (κ3) is 3.53. The smallest absolute Gasteiger partial charge is 0.268 e. The maximum atomic E-state index is 6.22. The molecule has 1 aliphatic heterocycles. The molecule has 2 aromatic rings. The summed E-state index contributed by atoms with van der Waals surface area (Å²) in [5, 5.41) is 4.05. The minimum Gasteiger partial charge on any atom is -0.333 e. The van der Waals surface area contributed by atoms with Crippen LogP contribution in [0.25, 0.3) is 10.8 Å². The van der Waals surface area contributed by atoms with Gasteiger partial charge in [0, 0.05) is 6.54 Å². The number of rotatable bonds is 4. The second-order valence-corrected chi connectivity index (χ2v) is 7.86. The zero-order valence-electron chi connectivity index (χ0n) is 12.0. The number of hydrogen-bond donors (Lipinski definition) is 1. The van der Waals surface area contributed by atoms with E-state index in [0.717, 1.165) is 28.3 Å². The van der Waals surface area contributed by atoms with Crippen LogP contribution in [-0.2, 0) is 0 Å². The highest BCUT2D eigenvalue weighted by Gasteiger charge is 2.20. The third-order valence-electron chi connectivity index (χ3n) is 3.74. The normalized spacial score (nSPS) is 18.0. The molecule has 2 aromatic heterocycles. The van der Waals surface area contributed by atoms with Crippen LogP contribution >= 0.6 is 27.3 Å². The van der Waals surface area contributed by atoms with E-state index >= 15 is 0 Å². The molecule has 0 saturated carbocycles. The molecular weight excluding hydrogens is 352 g/mol. The van der Waals surface area contributed by atoms with E-state index < -0.39 is 0 Å². The van der Waals surface area contributed by atoms with Gasteiger partial charge in [-0.2, -0.15) is 4.98 Å². The second kappa shape index (κ2) is 6.56. The van der Waals surface area contributed by atoms with Crippen LogP contribution in [0.5, 0.6) is 0 Å². The lowest BCUT2D eigenvalue weighted by molar-refractivity contribution is 0.213. The number of halogens is 1. The van der Waals surface area contributed by atoms with E-state index in [4.69, 9.17) is 10.3 Å². The predicted octanol–water partition coefficient (Wildman–Crippen LogP) is 3.35. The molecule has 2 N–H and O–H groups in total. The lowest BCUT2D eigenvalue weighted by atomic mass is 10.1. The number of nitrogens with zero attached hydrogens (tertiary/aromatic N) is 3. The van der Waals surface area contributed by atoms with E-state index in [-0.39, 0.29) is 6.04 Å². The van der Waals surface area contributed by atoms with Crippen molar-refractivity contribution in [3.8, 4) is 10.8 Å². The zero-order chi connectivity index (χ0) is 14.8. The molecule has 0 radical (unpaired) electrons. The van der Waals surface area contributed by atoms with E-state index in [9.17, 15) is 0 Å². The van der Waals surface area contributed by atoms with Crippen molar-refractivity contribution in [1.29, 1.82) is 0 Å². The van der Waals surface area contributed by atoms with E-state index in [1.165, 1.54) is 24.8 Å². The van der Waals surface area contributed by atoms with Crippen molar-refractivity contribution >= 4 is 27.3 Å². The van der Waals surface area contributed by atoms with Gasteiger partial charge in [0.2, 0.25) is 0 Å². The number of hydrogen-bond acceptors (Lipinski definition) is 6. The molecule has 0 aromatic carbocycles. The Morgan fingerprint density at radius 2 is 2.19 bits per heavy atom. The van der Waals surface area contributed by atoms with Crippen molar-refractivity contribution in [2.45, 2.75) is 32.2 Å². The van der Waals surface area contributed by atoms with Crippen LogP contribution in [0.2, 0.25) is 0 Å². The number of aryl methyl sites for hydroxylation is 1. The first-order valence-corrected chi connectivity index (χ1v) is 8.82. The van der Waals surface area contributed by atoms with Crippen molar-refractivity contribution in [1.82, 2.24) is 15.0 Å². The van der Waals surface area contributed by atoms with Crippen LogP contribution in [0.15, 0.2) is 14.4 Å². The summed E-state index contributed by atoms with van der Waals surface area (Å²) in [7, 11) is 0. The molecule has 1 saturated heterocycles. The molecule has 0 spiro atoms. The van der Waals surface area contributed by atoms with Crippen LogP contribution in [-0.4, -0.2) is 34.7 Å². The van der Waals surface area contributed by atoms with Gasteiger partial charge in [0.15, 0.2) is 5.82 Å². The van der Waals surface area contributed by atoms with Crippen molar-refractivity contribution in [3.05, 3.63) is 21.2 Å². The first-order valence-electron chi connectivity index (χ1n) is 7.21. The Labute approximate surface area is 136 Å². The first-order chi connectivity index (χ1) is 10.1. The Morgan fingerprint density at radius 3 is 2.86 bits per heavy atom. The number of thiophene rings is 1. The highest BCUT2D eigenvalue weighted by Crippen LogP contribution is 2.34. The quantitative estimate of drug-likeness (QED) is 0.893. The van der Waals surface area contributed by atoms with Crippen molar-refractivity contribution in [2.75, 3.05) is 19.6 Å². The van der Waals surface area contributed by atoms with Gasteiger partial charge in [0.1, 0.15) is 0 Å². The number of likely N-dealkylation sites (tertiary alicyclic amines) is 1. The molecule has 7 heteroatoms. The highest BCUT2D eigenvalue weighted by atomic mass is 79.9. The molecule has 1 aliphatic rings. The molecule has 114 valence electrons. The van der Waals surface area contributed by atoms with Gasteiger partial charge in [-0.15, -0.1) is 11.3 Å². The summed E-state index contributed by atoms with van der Waals surface area (Å²) >= 11 is 5.11. The lowest BCUT2D eigenvalue weighted by Gasteiger charge is -2.27. The fourth-order valence-corrected chi connectivity index (χ4v) is 4.01. The van der Waals surface area contributed by atoms with Gasteiger partial charge >= 0.3 is 0 Å². The Balaban J connectivity index is 1.68. The largest absolute Gasteiger partial charge is 0.333 e. The van der Waals surface area contributed by atoms with Gasteiger partial charge in [-0.1, -0.05) is 11.6 Å². The standard InChI is InChI=1S/C14H19BrN4OS/c1-9-7-11(21-12(9)15)14-17-13(18-20-14)10(16)8-19-5-3-2-4-6-19/h7,10H,2-6,8,16H2,1H3. The van der Waals surface area contributed by atoms with Crippen LogP contribution in [0.3, 0.4) is 0 Å². The summed E-state index contributed by atoms with van der Waals surface area (Å²) in [6.45, 7) is 5.08. The van der Waals surface area contributed by atoms with Crippen LogP contribution in [0.4, 0.5) is 0 Å². The molecule has 1 atom stereocenters. The monoisotopic (exact) mass is 370 g/mol. The van der Waals surface area contributed by atoms with Gasteiger partial charge in [0.05, 0.1) is 14.7 Å². The number of aromatic nitrogens is 2. The van der Waals surface area contributed by atoms with E-state index in [1.807, 2.05) is 13.0 Å². The molecular formula is C14H19BrN4OS. The van der Waals surface area contributed by atoms with Gasteiger partial charge in [0.25, 0.3) is 5.89 Å². The maximum Gasteiger partial charge on any atom is 0.268 e. The van der Waals surface area contributed by atoms with Crippen LogP contribution in [0.1, 0.15) is 36.7 Å². The average Bonchev–Trinajstić information content (AvgIpc) is 3.08. The van der Waals surface area contributed by atoms with E-state index in [0.29, 0.717) is 11.7 Å². The Bertz CT molecular complexity index is 586. The van der Waals surface area contributed by atoms with E-state index in [2.05, 4.69) is 31.0 Å². The summed E-state index contributed by atoms with van der Waals surface area (Å²) in [6.07, 6.45) is 3.84. The molecule has 21 heavy (non-hydrogen) atoms. The molecule has 0 aliphatic carbocycles. The third-order valence-corrected chi connectivity index (χ3v) is 5.87. The molecule has 1 unspecified atom stereocenters. The van der Waals surface area contributed by atoms with Gasteiger partial charge < -0.3 is 15.2 Å².